The molecule has 9 nitrogen and oxygen atoms in total. The van der Waals surface area contributed by atoms with Crippen LogP contribution in [0.1, 0.15) is 31.2 Å². The van der Waals surface area contributed by atoms with E-state index < -0.39 is 10.0 Å². The van der Waals surface area contributed by atoms with Gasteiger partial charge in [-0.15, -0.1) is 0 Å². The van der Waals surface area contributed by atoms with Gasteiger partial charge in [0, 0.05) is 55.1 Å². The SMILES string of the molecule is COc1ccc(C2=NN(C3CCN(S(=O)(=O)c4cccc5c(N(C)C)cccc45)CC3)C(=O)[C@@H]3CC=CC[C@H]23)cc1OC. The van der Waals surface area contributed by atoms with E-state index in [4.69, 9.17) is 14.6 Å². The number of fused-ring (bicyclic) bond motifs is 2. The Kier molecular flexibility index (Phi) is 7.91. The Morgan fingerprint density at radius 2 is 1.53 bits per heavy atom. The highest BCUT2D eigenvalue weighted by atomic mass is 32.2. The normalized spacial score (nSPS) is 21.4. The van der Waals surface area contributed by atoms with Gasteiger partial charge >= 0.3 is 0 Å². The fraction of sp³-hybridized carbons (Fsp3) is 0.394. The third kappa shape index (κ3) is 5.16. The maximum Gasteiger partial charge on any atom is 0.247 e. The van der Waals surface area contributed by atoms with Crippen LogP contribution in [0.4, 0.5) is 5.69 Å². The molecule has 6 rings (SSSR count). The van der Waals surface area contributed by atoms with Crippen LogP contribution in [0.3, 0.4) is 0 Å². The number of sulfonamides is 1. The number of ether oxygens (including phenoxy) is 2. The first-order chi connectivity index (χ1) is 20.7. The van der Waals surface area contributed by atoms with Crippen molar-refractivity contribution >= 4 is 38.1 Å². The highest BCUT2D eigenvalue weighted by Crippen LogP contribution is 2.39. The molecule has 3 aromatic carbocycles. The molecule has 0 N–H and O–H groups in total. The molecule has 226 valence electrons. The molecule has 0 spiro atoms. The zero-order valence-electron chi connectivity index (χ0n) is 25.1. The van der Waals surface area contributed by atoms with Crippen LogP contribution < -0.4 is 14.4 Å². The number of carbonyl (C=O) groups excluding carboxylic acids is 1. The molecule has 2 aliphatic heterocycles. The van der Waals surface area contributed by atoms with Crippen LogP contribution in [-0.4, -0.2) is 76.8 Å². The predicted molar refractivity (Wildman–Crippen MR) is 168 cm³/mol. The quantitative estimate of drug-likeness (QED) is 0.357. The first-order valence-electron chi connectivity index (χ1n) is 14.7. The first kappa shape index (κ1) is 29.2. The van der Waals surface area contributed by atoms with Crippen molar-refractivity contribution in [1.82, 2.24) is 9.31 Å². The second kappa shape index (κ2) is 11.7. The number of benzene rings is 3. The molecule has 1 amide bonds. The molecule has 43 heavy (non-hydrogen) atoms. The van der Waals surface area contributed by atoms with Gasteiger partial charge in [0.25, 0.3) is 0 Å². The van der Waals surface area contributed by atoms with Crippen LogP contribution in [0.25, 0.3) is 10.8 Å². The van der Waals surface area contributed by atoms with Gasteiger partial charge in [0.2, 0.25) is 15.9 Å². The molecule has 0 saturated carbocycles. The molecule has 0 radical (unpaired) electrons. The smallest absolute Gasteiger partial charge is 0.247 e. The Morgan fingerprint density at radius 1 is 0.860 bits per heavy atom. The maximum atomic E-state index is 13.9. The molecule has 0 unspecified atom stereocenters. The van der Waals surface area contributed by atoms with E-state index in [9.17, 15) is 13.2 Å². The minimum atomic E-state index is -3.75. The third-order valence-electron chi connectivity index (χ3n) is 8.95. The number of hydrogen-bond acceptors (Lipinski definition) is 7. The molecular weight excluding hydrogens is 564 g/mol. The van der Waals surface area contributed by atoms with Gasteiger partial charge in [0.05, 0.1) is 36.8 Å². The number of methoxy groups -OCH3 is 2. The Balaban J connectivity index is 1.28. The molecule has 0 aromatic heterocycles. The van der Waals surface area contributed by atoms with Gasteiger partial charge in [-0.3, -0.25) is 4.79 Å². The van der Waals surface area contributed by atoms with Crippen molar-refractivity contribution in [2.24, 2.45) is 16.9 Å². The van der Waals surface area contributed by atoms with Gasteiger partial charge in [-0.2, -0.15) is 9.41 Å². The predicted octanol–water partition coefficient (Wildman–Crippen LogP) is 4.91. The van der Waals surface area contributed by atoms with E-state index in [-0.39, 0.29) is 23.8 Å². The minimum absolute atomic E-state index is 0.0187. The van der Waals surface area contributed by atoms with E-state index in [1.165, 1.54) is 0 Å². The molecular formula is C33H38N4O5S. The highest BCUT2D eigenvalue weighted by Gasteiger charge is 2.43. The fourth-order valence-electron chi connectivity index (χ4n) is 6.67. The number of nitrogens with zero attached hydrogens (tertiary/aromatic N) is 4. The number of piperidine rings is 1. The van der Waals surface area contributed by atoms with Gasteiger partial charge in [0.1, 0.15) is 0 Å². The largest absolute Gasteiger partial charge is 0.493 e. The van der Waals surface area contributed by atoms with Crippen molar-refractivity contribution in [2.45, 2.75) is 36.6 Å². The molecule has 1 aliphatic carbocycles. The average molecular weight is 603 g/mol. The van der Waals surface area contributed by atoms with Crippen molar-refractivity contribution in [2.75, 3.05) is 46.3 Å². The number of anilines is 1. The molecule has 3 aliphatic rings. The summed E-state index contributed by atoms with van der Waals surface area (Å²) in [5.41, 5.74) is 2.72. The van der Waals surface area contributed by atoms with Crippen LogP contribution in [-0.2, 0) is 14.8 Å². The van der Waals surface area contributed by atoms with Gasteiger partial charge in [-0.1, -0.05) is 36.4 Å². The van der Waals surface area contributed by atoms with Crippen LogP contribution in [0.5, 0.6) is 11.5 Å². The van der Waals surface area contributed by atoms with Crippen molar-refractivity contribution in [3.8, 4) is 11.5 Å². The lowest BCUT2D eigenvalue weighted by Crippen LogP contribution is -2.52. The Morgan fingerprint density at radius 3 is 2.23 bits per heavy atom. The zero-order chi connectivity index (χ0) is 30.3. The average Bonchev–Trinajstić information content (AvgIpc) is 3.04. The molecule has 10 heteroatoms. The standard InChI is InChI=1S/C33H38N4O5S/c1-35(2)28-13-7-12-25-24(28)11-8-14-31(25)43(39,40)36-19-17-23(18-20-36)37-33(38)27-10-6-5-9-26(27)32(34-37)22-15-16-29(41-3)30(21-22)42-4/h5-8,11-16,21,23,26-27H,9-10,17-20H2,1-4H3/t26-,27+/m0/s1. The Bertz CT molecular complexity index is 1710. The van der Waals surface area contributed by atoms with E-state index in [2.05, 4.69) is 12.2 Å². The van der Waals surface area contributed by atoms with Crippen LogP contribution in [0.2, 0.25) is 0 Å². The molecule has 1 saturated heterocycles. The molecule has 1 fully saturated rings. The highest BCUT2D eigenvalue weighted by molar-refractivity contribution is 7.89. The topological polar surface area (TPSA) is 91.8 Å². The molecule has 3 aromatic rings. The Labute approximate surface area is 253 Å². The summed E-state index contributed by atoms with van der Waals surface area (Å²) in [6.45, 7) is 0.630. The van der Waals surface area contributed by atoms with E-state index in [1.54, 1.807) is 35.7 Å². The van der Waals surface area contributed by atoms with Crippen molar-refractivity contribution in [3.63, 3.8) is 0 Å². The summed E-state index contributed by atoms with van der Waals surface area (Å²) in [4.78, 5) is 16.1. The number of hydrazone groups is 1. The lowest BCUT2D eigenvalue weighted by atomic mass is 9.76. The monoisotopic (exact) mass is 602 g/mol. The lowest BCUT2D eigenvalue weighted by molar-refractivity contribution is -0.141. The summed E-state index contributed by atoms with van der Waals surface area (Å²) in [6.07, 6.45) is 6.63. The van der Waals surface area contributed by atoms with E-state index >= 15 is 0 Å². The van der Waals surface area contributed by atoms with Gasteiger partial charge in [-0.05, 0) is 56.0 Å². The van der Waals surface area contributed by atoms with Gasteiger partial charge in [0.15, 0.2) is 11.5 Å². The zero-order valence-corrected chi connectivity index (χ0v) is 25.9. The summed E-state index contributed by atoms with van der Waals surface area (Å²) in [5.74, 6) is 1.04. The summed E-state index contributed by atoms with van der Waals surface area (Å²) < 4.78 is 40.4. The summed E-state index contributed by atoms with van der Waals surface area (Å²) in [6, 6.07) is 16.8. The number of rotatable bonds is 7. The molecule has 2 heterocycles. The number of amides is 1. The Hall–Kier alpha value is -3.89. The van der Waals surface area contributed by atoms with Crippen LogP contribution in [0, 0.1) is 11.8 Å². The fourth-order valence-corrected chi connectivity index (χ4v) is 8.35. The van der Waals surface area contributed by atoms with Gasteiger partial charge in [-0.25, -0.2) is 13.4 Å². The third-order valence-corrected chi connectivity index (χ3v) is 10.9. The second-order valence-corrected chi connectivity index (χ2v) is 13.5. The van der Waals surface area contributed by atoms with Crippen molar-refractivity contribution < 1.29 is 22.7 Å². The van der Waals surface area contributed by atoms with E-state index in [0.29, 0.717) is 54.1 Å². The first-order valence-corrected chi connectivity index (χ1v) is 16.2. The number of allylic oxidation sites excluding steroid dienone is 2. The second-order valence-electron chi connectivity index (χ2n) is 11.6. The van der Waals surface area contributed by atoms with Crippen molar-refractivity contribution in [3.05, 3.63) is 72.3 Å². The van der Waals surface area contributed by atoms with E-state index in [0.717, 1.165) is 28.8 Å². The summed E-state index contributed by atoms with van der Waals surface area (Å²) in [7, 11) is 3.37. The minimum Gasteiger partial charge on any atom is -0.493 e. The van der Waals surface area contributed by atoms with Crippen LogP contribution >= 0.6 is 0 Å². The number of carbonyl (C=O) groups is 1. The molecule has 0 bridgehead atoms. The van der Waals surface area contributed by atoms with Gasteiger partial charge < -0.3 is 14.4 Å². The summed E-state index contributed by atoms with van der Waals surface area (Å²) in [5, 5.41) is 8.24. The lowest BCUT2D eigenvalue weighted by Gasteiger charge is -2.42. The number of hydrogen-bond donors (Lipinski definition) is 0. The van der Waals surface area contributed by atoms with E-state index in [1.807, 2.05) is 61.5 Å². The van der Waals surface area contributed by atoms with Crippen molar-refractivity contribution in [1.29, 1.82) is 0 Å². The van der Waals surface area contributed by atoms with Crippen LogP contribution in [0.15, 0.2) is 76.7 Å². The molecule has 2 atom stereocenters. The maximum absolute atomic E-state index is 13.9. The summed E-state index contributed by atoms with van der Waals surface area (Å²) >= 11 is 0.